The van der Waals surface area contributed by atoms with Gasteiger partial charge in [0.15, 0.2) is 0 Å². The van der Waals surface area contributed by atoms with E-state index in [1.54, 1.807) is 18.2 Å². The molecule has 7 nitrogen and oxygen atoms in total. The Morgan fingerprint density at radius 2 is 1.75 bits per heavy atom. The van der Waals surface area contributed by atoms with Gasteiger partial charge in [0.05, 0.1) is 22.9 Å². The second kappa shape index (κ2) is 10.2. The first-order valence-electron chi connectivity index (χ1n) is 10.1. The molecule has 1 aliphatic carbocycles. The van der Waals surface area contributed by atoms with Crippen LogP contribution in [0.4, 0.5) is 11.4 Å². The van der Waals surface area contributed by atoms with Crippen molar-refractivity contribution in [2.24, 2.45) is 5.92 Å². The first-order valence-corrected chi connectivity index (χ1v) is 11.6. The third kappa shape index (κ3) is 5.68. The molecule has 0 spiro atoms. The Bertz CT molecular complexity index is 755. The van der Waals surface area contributed by atoms with Crippen molar-refractivity contribution >= 4 is 27.3 Å². The van der Waals surface area contributed by atoms with Crippen LogP contribution in [0, 0.1) is 5.92 Å². The quantitative estimate of drug-likeness (QED) is 0.572. The van der Waals surface area contributed by atoms with Crippen molar-refractivity contribution in [2.75, 3.05) is 49.6 Å². The van der Waals surface area contributed by atoms with Gasteiger partial charge < -0.3 is 15.0 Å². The zero-order chi connectivity index (χ0) is 20.7. The highest BCUT2D eigenvalue weighted by Gasteiger charge is 2.24. The van der Waals surface area contributed by atoms with Crippen LogP contribution in [0.25, 0.3) is 0 Å². The number of nitrogens with one attached hydrogen (secondary N) is 1. The molecule has 1 aromatic rings. The van der Waals surface area contributed by atoms with Crippen molar-refractivity contribution < 1.29 is 17.9 Å². The zero-order valence-corrected chi connectivity index (χ0v) is 18.2. The maximum Gasteiger partial charge on any atom is 0.250 e. The normalized spacial score (nSPS) is 14.3. The maximum absolute atomic E-state index is 12.9. The summed E-state index contributed by atoms with van der Waals surface area (Å²) in [7, 11) is -3.60. The van der Waals surface area contributed by atoms with Crippen LogP contribution in [0.5, 0.6) is 0 Å². The number of carbonyl (C=O) groups is 1. The molecule has 1 fully saturated rings. The van der Waals surface area contributed by atoms with E-state index in [4.69, 9.17) is 4.74 Å². The van der Waals surface area contributed by atoms with Gasteiger partial charge in [-0.05, 0) is 50.8 Å². The fraction of sp³-hybridized carbons (Fsp3) is 0.650. The Hall–Kier alpha value is -1.64. The SMILES string of the molecule is CCN(CC)c1ccc(S(=O)(=O)N(CC)CC)cc1NC(=O)COCC1CC1. The number of carbonyl (C=O) groups excluding carboxylic acids is 1. The van der Waals surface area contributed by atoms with Gasteiger partial charge in [-0.3, -0.25) is 4.79 Å². The molecule has 158 valence electrons. The lowest BCUT2D eigenvalue weighted by Gasteiger charge is -2.26. The number of hydrogen-bond donors (Lipinski definition) is 1. The Morgan fingerprint density at radius 3 is 2.29 bits per heavy atom. The fourth-order valence-corrected chi connectivity index (χ4v) is 4.60. The molecule has 28 heavy (non-hydrogen) atoms. The van der Waals surface area contributed by atoms with E-state index in [2.05, 4.69) is 10.2 Å². The second-order valence-electron chi connectivity index (χ2n) is 6.95. The summed E-state index contributed by atoms with van der Waals surface area (Å²) in [6, 6.07) is 4.94. The molecule has 0 aliphatic heterocycles. The molecule has 0 heterocycles. The van der Waals surface area contributed by atoms with Gasteiger partial charge >= 0.3 is 0 Å². The van der Waals surface area contributed by atoms with E-state index in [0.29, 0.717) is 31.3 Å². The van der Waals surface area contributed by atoms with Gasteiger partial charge in [-0.2, -0.15) is 4.31 Å². The van der Waals surface area contributed by atoms with E-state index in [1.807, 2.05) is 27.7 Å². The van der Waals surface area contributed by atoms with Gasteiger partial charge in [0, 0.05) is 26.2 Å². The summed E-state index contributed by atoms with van der Waals surface area (Å²) in [6.07, 6.45) is 2.33. The summed E-state index contributed by atoms with van der Waals surface area (Å²) in [4.78, 5) is 14.6. The van der Waals surface area contributed by atoms with Crippen LogP contribution in [0.15, 0.2) is 23.1 Å². The molecule has 0 bridgehead atoms. The molecular formula is C20H33N3O4S. The van der Waals surface area contributed by atoms with E-state index >= 15 is 0 Å². The molecule has 8 heteroatoms. The fourth-order valence-electron chi connectivity index (χ4n) is 3.12. The number of ether oxygens (including phenoxy) is 1. The van der Waals surface area contributed by atoms with Gasteiger partial charge in [-0.25, -0.2) is 8.42 Å². The van der Waals surface area contributed by atoms with Gasteiger partial charge in [0.1, 0.15) is 6.61 Å². The molecule has 0 radical (unpaired) electrons. The minimum Gasteiger partial charge on any atom is -0.371 e. The smallest absolute Gasteiger partial charge is 0.250 e. The third-order valence-corrected chi connectivity index (χ3v) is 7.02. The third-order valence-electron chi connectivity index (χ3n) is 4.97. The van der Waals surface area contributed by atoms with Crippen LogP contribution >= 0.6 is 0 Å². The summed E-state index contributed by atoms with van der Waals surface area (Å²) in [5, 5.41) is 2.85. The van der Waals surface area contributed by atoms with Gasteiger partial charge in [-0.1, -0.05) is 13.8 Å². The van der Waals surface area contributed by atoms with E-state index in [0.717, 1.165) is 18.8 Å². The highest BCUT2D eigenvalue weighted by molar-refractivity contribution is 7.89. The molecule has 0 saturated heterocycles. The lowest BCUT2D eigenvalue weighted by Crippen LogP contribution is -2.31. The first kappa shape index (κ1) is 22.6. The van der Waals surface area contributed by atoms with Crippen LogP contribution in [0.3, 0.4) is 0 Å². The summed E-state index contributed by atoms with van der Waals surface area (Å²) in [6.45, 7) is 10.5. The highest BCUT2D eigenvalue weighted by Crippen LogP contribution is 2.31. The van der Waals surface area contributed by atoms with Crippen molar-refractivity contribution in [3.05, 3.63) is 18.2 Å². The summed E-state index contributed by atoms with van der Waals surface area (Å²) in [5.41, 5.74) is 1.30. The van der Waals surface area contributed by atoms with Crippen molar-refractivity contribution in [3.63, 3.8) is 0 Å². The summed E-state index contributed by atoms with van der Waals surface area (Å²) in [5.74, 6) is 0.313. The predicted molar refractivity (Wildman–Crippen MR) is 112 cm³/mol. The topological polar surface area (TPSA) is 79.0 Å². The van der Waals surface area contributed by atoms with Crippen LogP contribution in [-0.4, -0.2) is 58.0 Å². The summed E-state index contributed by atoms with van der Waals surface area (Å²) >= 11 is 0. The van der Waals surface area contributed by atoms with Crippen molar-refractivity contribution in [2.45, 2.75) is 45.4 Å². The summed E-state index contributed by atoms with van der Waals surface area (Å²) < 4.78 is 32.6. The van der Waals surface area contributed by atoms with Gasteiger partial charge in [-0.15, -0.1) is 0 Å². The Kier molecular flexibility index (Phi) is 8.27. The maximum atomic E-state index is 12.9. The second-order valence-corrected chi connectivity index (χ2v) is 8.89. The number of hydrogen-bond acceptors (Lipinski definition) is 5. The lowest BCUT2D eigenvalue weighted by atomic mass is 10.2. The molecule has 2 rings (SSSR count). The molecule has 0 unspecified atom stereocenters. The van der Waals surface area contributed by atoms with Gasteiger partial charge in [0.25, 0.3) is 0 Å². The molecule has 1 amide bonds. The number of rotatable bonds is 12. The van der Waals surface area contributed by atoms with Gasteiger partial charge in [0.2, 0.25) is 15.9 Å². The highest BCUT2D eigenvalue weighted by atomic mass is 32.2. The minimum atomic E-state index is -3.60. The van der Waals surface area contributed by atoms with Crippen molar-refractivity contribution in [1.82, 2.24) is 4.31 Å². The molecule has 0 aromatic heterocycles. The average molecular weight is 412 g/mol. The van der Waals surface area contributed by atoms with E-state index in [9.17, 15) is 13.2 Å². The number of amides is 1. The van der Waals surface area contributed by atoms with E-state index in [1.165, 1.54) is 17.1 Å². The monoisotopic (exact) mass is 411 g/mol. The van der Waals surface area contributed by atoms with Crippen LogP contribution in [0.1, 0.15) is 40.5 Å². The number of nitrogens with zero attached hydrogens (tertiary/aromatic N) is 2. The van der Waals surface area contributed by atoms with Crippen molar-refractivity contribution in [3.8, 4) is 0 Å². The van der Waals surface area contributed by atoms with Crippen LogP contribution in [-0.2, 0) is 19.6 Å². The number of anilines is 2. The van der Waals surface area contributed by atoms with Crippen molar-refractivity contribution in [1.29, 1.82) is 0 Å². The average Bonchev–Trinajstić information content (AvgIpc) is 3.48. The predicted octanol–water partition coefficient (Wildman–Crippen LogP) is 2.93. The van der Waals surface area contributed by atoms with E-state index in [-0.39, 0.29) is 17.4 Å². The zero-order valence-electron chi connectivity index (χ0n) is 17.4. The molecule has 1 saturated carbocycles. The minimum absolute atomic E-state index is 0.0266. The first-order chi connectivity index (χ1) is 13.4. The number of benzene rings is 1. The van der Waals surface area contributed by atoms with E-state index < -0.39 is 10.0 Å². The standard InChI is InChI=1S/C20H33N3O4S/c1-5-22(6-2)19-12-11-17(28(25,26)23(7-3)8-4)13-18(19)21-20(24)15-27-14-16-9-10-16/h11-13,16H,5-10,14-15H2,1-4H3,(H,21,24). The molecular weight excluding hydrogens is 378 g/mol. The Morgan fingerprint density at radius 1 is 1.11 bits per heavy atom. The van der Waals surface area contributed by atoms with Crippen LogP contribution in [0.2, 0.25) is 0 Å². The number of sulfonamides is 1. The van der Waals surface area contributed by atoms with Crippen LogP contribution < -0.4 is 10.2 Å². The molecule has 1 aromatic carbocycles. The lowest BCUT2D eigenvalue weighted by molar-refractivity contribution is -0.120. The molecule has 0 atom stereocenters. The Balaban J connectivity index is 2.27. The Labute approximate surface area is 169 Å². The largest absolute Gasteiger partial charge is 0.371 e. The molecule has 1 aliphatic rings. The molecule has 1 N–H and O–H groups in total.